The maximum atomic E-state index is 13.0. The summed E-state index contributed by atoms with van der Waals surface area (Å²) < 4.78 is 0. The van der Waals surface area contributed by atoms with Crippen LogP contribution in [-0.2, 0) is 9.59 Å². The van der Waals surface area contributed by atoms with Crippen LogP contribution in [0.25, 0.3) is 0 Å². The zero-order chi connectivity index (χ0) is 22.9. The van der Waals surface area contributed by atoms with Crippen LogP contribution in [0, 0.1) is 12.8 Å². The van der Waals surface area contributed by atoms with Gasteiger partial charge in [-0.15, -0.1) is 0 Å². The van der Waals surface area contributed by atoms with E-state index in [0.29, 0.717) is 19.6 Å². The minimum absolute atomic E-state index is 0.0152. The van der Waals surface area contributed by atoms with Gasteiger partial charge in [-0.25, -0.2) is 4.79 Å². The largest absolute Gasteiger partial charge is 0.349 e. The van der Waals surface area contributed by atoms with Crippen LogP contribution < -0.4 is 16.0 Å². The number of rotatable bonds is 7. The zero-order valence-electron chi connectivity index (χ0n) is 18.8. The first-order valence-corrected chi connectivity index (χ1v) is 11.1. The van der Waals surface area contributed by atoms with Crippen molar-refractivity contribution in [2.24, 2.45) is 5.92 Å². The zero-order valence-corrected chi connectivity index (χ0v) is 18.8. The van der Waals surface area contributed by atoms with Crippen molar-refractivity contribution < 1.29 is 14.4 Å². The van der Waals surface area contributed by atoms with Crippen LogP contribution in [0.4, 0.5) is 10.5 Å². The van der Waals surface area contributed by atoms with Crippen molar-refractivity contribution in [3.05, 3.63) is 65.7 Å². The van der Waals surface area contributed by atoms with E-state index < -0.39 is 0 Å². The van der Waals surface area contributed by atoms with Crippen molar-refractivity contribution in [3.63, 3.8) is 0 Å². The summed E-state index contributed by atoms with van der Waals surface area (Å²) in [6, 6.07) is 16.6. The predicted octanol–water partition coefficient (Wildman–Crippen LogP) is 3.62. The Balaban J connectivity index is 1.50. The average molecular weight is 437 g/mol. The number of aryl methyl sites for hydroxylation is 1. The van der Waals surface area contributed by atoms with Gasteiger partial charge in [-0.1, -0.05) is 48.0 Å². The standard InChI is InChI=1S/C25H32N4O3/c1-18-10-12-22(13-11-18)28-25(32)26-16-20-7-6-14-29(17-20)24(31)15-23(27-19(2)30)21-8-4-3-5-9-21/h3-5,8-13,20,23H,6-7,14-17H2,1-2H3,(H,27,30)(H2,26,28,32). The lowest BCUT2D eigenvalue weighted by molar-refractivity contribution is -0.133. The number of nitrogens with zero attached hydrogens (tertiary/aromatic N) is 1. The van der Waals surface area contributed by atoms with Crippen LogP contribution in [-0.4, -0.2) is 42.4 Å². The molecule has 1 heterocycles. The van der Waals surface area contributed by atoms with E-state index >= 15 is 0 Å². The van der Waals surface area contributed by atoms with Crippen LogP contribution in [0.5, 0.6) is 0 Å². The highest BCUT2D eigenvalue weighted by atomic mass is 16.2. The Morgan fingerprint density at radius 1 is 1.06 bits per heavy atom. The summed E-state index contributed by atoms with van der Waals surface area (Å²) in [5, 5.41) is 8.65. The van der Waals surface area contributed by atoms with Gasteiger partial charge in [0, 0.05) is 32.2 Å². The molecule has 0 spiro atoms. The number of urea groups is 1. The number of piperidine rings is 1. The van der Waals surface area contributed by atoms with Crippen molar-refractivity contribution in [3.8, 4) is 0 Å². The first kappa shape index (κ1) is 23.3. The molecule has 4 amide bonds. The lowest BCUT2D eigenvalue weighted by Crippen LogP contribution is -2.45. The summed E-state index contributed by atoms with van der Waals surface area (Å²) >= 11 is 0. The fourth-order valence-corrected chi connectivity index (χ4v) is 3.99. The van der Waals surface area contributed by atoms with Crippen LogP contribution in [0.3, 0.4) is 0 Å². The maximum absolute atomic E-state index is 13.0. The number of amides is 4. The SMILES string of the molecule is CC(=O)NC(CC(=O)N1CCCC(CNC(=O)Nc2ccc(C)cc2)C1)c1ccccc1. The third-order valence-corrected chi connectivity index (χ3v) is 5.69. The molecule has 3 N–H and O–H groups in total. The number of anilines is 1. The Bertz CT molecular complexity index is 915. The molecule has 0 radical (unpaired) electrons. The van der Waals surface area contributed by atoms with Gasteiger partial charge < -0.3 is 20.9 Å². The fourth-order valence-electron chi connectivity index (χ4n) is 3.99. The summed E-state index contributed by atoms with van der Waals surface area (Å²) in [5.74, 6) is 0.0563. The molecule has 7 nitrogen and oxygen atoms in total. The molecule has 170 valence electrons. The second kappa shape index (κ2) is 11.3. The smallest absolute Gasteiger partial charge is 0.319 e. The molecule has 1 fully saturated rings. The average Bonchev–Trinajstić information content (AvgIpc) is 2.79. The van der Waals surface area contributed by atoms with Gasteiger partial charge >= 0.3 is 6.03 Å². The van der Waals surface area contributed by atoms with E-state index in [1.165, 1.54) is 6.92 Å². The molecule has 0 saturated carbocycles. The number of carbonyl (C=O) groups is 3. The highest BCUT2D eigenvalue weighted by molar-refractivity contribution is 5.89. The quantitative estimate of drug-likeness (QED) is 0.619. The van der Waals surface area contributed by atoms with Crippen LogP contribution in [0.2, 0.25) is 0 Å². The number of benzene rings is 2. The van der Waals surface area contributed by atoms with Crippen molar-refractivity contribution in [2.75, 3.05) is 25.0 Å². The lowest BCUT2D eigenvalue weighted by atomic mass is 9.96. The highest BCUT2D eigenvalue weighted by Crippen LogP contribution is 2.21. The van der Waals surface area contributed by atoms with Crippen LogP contribution in [0.15, 0.2) is 54.6 Å². The van der Waals surface area contributed by atoms with E-state index in [0.717, 1.165) is 29.7 Å². The molecule has 2 aromatic rings. The third kappa shape index (κ3) is 7.11. The molecule has 0 aliphatic carbocycles. The summed E-state index contributed by atoms with van der Waals surface area (Å²) in [4.78, 5) is 38.7. The van der Waals surface area contributed by atoms with Crippen molar-refractivity contribution >= 4 is 23.5 Å². The van der Waals surface area contributed by atoms with E-state index in [1.54, 1.807) is 0 Å². The van der Waals surface area contributed by atoms with Gasteiger partial charge in [0.1, 0.15) is 0 Å². The maximum Gasteiger partial charge on any atom is 0.319 e. The summed E-state index contributed by atoms with van der Waals surface area (Å²) in [5.41, 5.74) is 2.80. The molecule has 1 aliphatic rings. The van der Waals surface area contributed by atoms with E-state index in [9.17, 15) is 14.4 Å². The van der Waals surface area contributed by atoms with Gasteiger partial charge in [0.25, 0.3) is 0 Å². The molecular weight excluding hydrogens is 404 g/mol. The predicted molar refractivity (Wildman–Crippen MR) is 125 cm³/mol. The topological polar surface area (TPSA) is 90.5 Å². The first-order valence-electron chi connectivity index (χ1n) is 11.1. The molecular formula is C25H32N4O3. The number of carbonyl (C=O) groups excluding carboxylic acids is 3. The Morgan fingerprint density at radius 3 is 2.47 bits per heavy atom. The monoisotopic (exact) mass is 436 g/mol. The molecule has 2 atom stereocenters. The second-order valence-corrected chi connectivity index (χ2v) is 8.42. The summed E-state index contributed by atoms with van der Waals surface area (Å²) in [6.45, 7) is 5.27. The third-order valence-electron chi connectivity index (χ3n) is 5.69. The van der Waals surface area contributed by atoms with Gasteiger partial charge in [0.15, 0.2) is 0 Å². The Hall–Kier alpha value is -3.35. The van der Waals surface area contributed by atoms with Crippen molar-refractivity contribution in [2.45, 2.75) is 39.2 Å². The molecule has 3 rings (SSSR count). The molecule has 32 heavy (non-hydrogen) atoms. The first-order chi connectivity index (χ1) is 15.4. The minimum Gasteiger partial charge on any atom is -0.349 e. The number of hydrogen-bond acceptors (Lipinski definition) is 3. The van der Waals surface area contributed by atoms with Gasteiger partial charge in [0.2, 0.25) is 11.8 Å². The molecule has 1 saturated heterocycles. The Morgan fingerprint density at radius 2 is 1.78 bits per heavy atom. The Labute approximate surface area is 189 Å². The normalized spacial score (nSPS) is 16.7. The van der Waals surface area contributed by atoms with Crippen LogP contribution >= 0.6 is 0 Å². The molecule has 0 aromatic heterocycles. The van der Waals surface area contributed by atoms with E-state index in [1.807, 2.05) is 66.4 Å². The van der Waals surface area contributed by atoms with Gasteiger partial charge in [-0.05, 0) is 43.4 Å². The Kier molecular flexibility index (Phi) is 8.25. The second-order valence-electron chi connectivity index (χ2n) is 8.42. The van der Waals surface area contributed by atoms with Gasteiger partial charge in [-0.2, -0.15) is 0 Å². The number of nitrogens with one attached hydrogen (secondary N) is 3. The molecule has 2 aromatic carbocycles. The van der Waals surface area contributed by atoms with Crippen molar-refractivity contribution in [1.29, 1.82) is 0 Å². The van der Waals surface area contributed by atoms with E-state index in [2.05, 4.69) is 16.0 Å². The summed E-state index contributed by atoms with van der Waals surface area (Å²) in [7, 11) is 0. The highest BCUT2D eigenvalue weighted by Gasteiger charge is 2.26. The van der Waals surface area contributed by atoms with Crippen molar-refractivity contribution in [1.82, 2.24) is 15.5 Å². The van der Waals surface area contributed by atoms with E-state index in [-0.39, 0.29) is 36.2 Å². The molecule has 2 unspecified atom stereocenters. The van der Waals surface area contributed by atoms with Gasteiger partial charge in [0.05, 0.1) is 12.5 Å². The van der Waals surface area contributed by atoms with Gasteiger partial charge in [-0.3, -0.25) is 9.59 Å². The van der Waals surface area contributed by atoms with Crippen LogP contribution in [0.1, 0.15) is 43.4 Å². The molecule has 7 heteroatoms. The molecule has 0 bridgehead atoms. The number of likely N-dealkylation sites (tertiary alicyclic amines) is 1. The fraction of sp³-hybridized carbons (Fsp3) is 0.400. The minimum atomic E-state index is -0.347. The number of hydrogen-bond donors (Lipinski definition) is 3. The lowest BCUT2D eigenvalue weighted by Gasteiger charge is -2.34. The molecule has 1 aliphatic heterocycles. The van der Waals surface area contributed by atoms with E-state index in [4.69, 9.17) is 0 Å². The summed E-state index contributed by atoms with van der Waals surface area (Å²) in [6.07, 6.45) is 2.08.